The van der Waals surface area contributed by atoms with Crippen LogP contribution in [0.4, 0.5) is 0 Å². The maximum Gasteiger partial charge on any atom is 0.306 e. The lowest BCUT2D eigenvalue weighted by Gasteiger charge is -2.18. The number of carbonyl (C=O) groups excluding carboxylic acids is 3. The Morgan fingerprint density at radius 1 is 0.253 bits per heavy atom. The third-order valence-electron chi connectivity index (χ3n) is 16.2. The van der Waals surface area contributed by atoms with Gasteiger partial charge < -0.3 is 14.2 Å². The van der Waals surface area contributed by atoms with Gasteiger partial charge in [-0.2, -0.15) is 0 Å². The highest BCUT2D eigenvalue weighted by Gasteiger charge is 2.19. The van der Waals surface area contributed by atoms with E-state index < -0.39 is 6.10 Å². The van der Waals surface area contributed by atoms with Gasteiger partial charge in [0, 0.05) is 19.3 Å². The zero-order valence-corrected chi connectivity index (χ0v) is 55.5. The Bertz CT molecular complexity index is 1520. The van der Waals surface area contributed by atoms with Crippen molar-refractivity contribution in [2.75, 3.05) is 13.2 Å². The van der Waals surface area contributed by atoms with Crippen molar-refractivity contribution in [1.82, 2.24) is 0 Å². The minimum atomic E-state index is -0.778. The van der Waals surface area contributed by atoms with Gasteiger partial charge in [0.15, 0.2) is 6.10 Å². The molecule has 0 heterocycles. The van der Waals surface area contributed by atoms with Crippen LogP contribution in [0.2, 0.25) is 0 Å². The molecule has 0 amide bonds. The summed E-state index contributed by atoms with van der Waals surface area (Å²) in [5.41, 5.74) is 0. The van der Waals surface area contributed by atoms with Gasteiger partial charge in [0.1, 0.15) is 13.2 Å². The number of allylic oxidation sites excluding steroid dienone is 12. The van der Waals surface area contributed by atoms with Gasteiger partial charge in [-0.3, -0.25) is 14.4 Å². The fraction of sp³-hybridized carbons (Fsp3) is 0.805. The van der Waals surface area contributed by atoms with Gasteiger partial charge in [-0.1, -0.05) is 344 Å². The fourth-order valence-corrected chi connectivity index (χ4v) is 10.8. The number of hydrogen-bond acceptors (Lipinski definition) is 6. The van der Waals surface area contributed by atoms with Crippen LogP contribution in [0.25, 0.3) is 0 Å². The van der Waals surface area contributed by atoms with E-state index in [-0.39, 0.29) is 31.1 Å². The molecule has 482 valence electrons. The molecule has 83 heavy (non-hydrogen) atoms. The zero-order chi connectivity index (χ0) is 59.9. The van der Waals surface area contributed by atoms with Crippen molar-refractivity contribution in [2.45, 2.75) is 386 Å². The quantitative estimate of drug-likeness (QED) is 0.0261. The molecular weight excluding hydrogens is 1020 g/mol. The molecule has 0 aromatic carbocycles. The lowest BCUT2D eigenvalue weighted by atomic mass is 10.0. The van der Waals surface area contributed by atoms with E-state index in [1.165, 1.54) is 250 Å². The first kappa shape index (κ1) is 79.8. The third-order valence-corrected chi connectivity index (χ3v) is 16.2. The molecule has 0 aromatic heterocycles. The molecular formula is C77H138O6. The summed E-state index contributed by atoms with van der Waals surface area (Å²) in [6, 6.07) is 0. The molecule has 6 heteroatoms. The molecule has 6 nitrogen and oxygen atoms in total. The Balaban J connectivity index is 4.30. The summed E-state index contributed by atoms with van der Waals surface area (Å²) in [6.45, 7) is 6.58. The second-order valence-electron chi connectivity index (χ2n) is 24.5. The van der Waals surface area contributed by atoms with Gasteiger partial charge in [-0.05, 0) is 89.9 Å². The average molecular weight is 1160 g/mol. The van der Waals surface area contributed by atoms with Gasteiger partial charge in [-0.25, -0.2) is 0 Å². The van der Waals surface area contributed by atoms with Crippen LogP contribution in [-0.2, 0) is 28.6 Å². The lowest BCUT2D eigenvalue weighted by Crippen LogP contribution is -2.30. The van der Waals surface area contributed by atoms with E-state index in [4.69, 9.17) is 14.2 Å². The van der Waals surface area contributed by atoms with Crippen LogP contribution in [0.1, 0.15) is 380 Å². The standard InChI is InChI=1S/C77H138O6/c1-4-7-10-13-16-19-22-25-28-31-33-35-36-37-38-39-40-42-43-46-49-52-55-58-61-64-67-70-76(79)82-73-74(72-81-75(78)69-66-63-60-57-54-51-48-45-30-27-24-21-18-15-12-9-6-3)83-77(80)71-68-65-62-59-56-53-50-47-44-41-34-32-29-26-23-20-17-14-11-8-5-2/h7,10,16,19,23,25-26,28,32-35,74H,4-6,8-9,11-15,17-18,20-22,24,27,29-31,36-73H2,1-3H3/b10-7-,19-16-,26-23-,28-25-,34-32-,35-33-. The van der Waals surface area contributed by atoms with Gasteiger partial charge in [0.05, 0.1) is 0 Å². The Morgan fingerprint density at radius 2 is 0.470 bits per heavy atom. The van der Waals surface area contributed by atoms with Gasteiger partial charge >= 0.3 is 17.9 Å². The average Bonchev–Trinajstić information content (AvgIpc) is 3.49. The Kier molecular flexibility index (Phi) is 68.6. The third kappa shape index (κ3) is 69.5. The van der Waals surface area contributed by atoms with Crippen LogP contribution in [-0.4, -0.2) is 37.2 Å². The van der Waals surface area contributed by atoms with E-state index in [0.29, 0.717) is 19.3 Å². The molecule has 0 aliphatic carbocycles. The SMILES string of the molecule is CC/C=C\C/C=C\C/C=C\C/C=C\CCCCCCCCCCCCCCCCC(=O)OCC(COC(=O)CCCCCCCCCCCCCCCCCCC)OC(=O)CCCCCCCCCCC/C=C\C/C=C\CCCCCCC. The molecule has 0 spiro atoms. The molecule has 1 atom stereocenters. The smallest absolute Gasteiger partial charge is 0.306 e. The van der Waals surface area contributed by atoms with Crippen molar-refractivity contribution in [3.8, 4) is 0 Å². The maximum atomic E-state index is 13.0. The molecule has 0 aromatic rings. The predicted molar refractivity (Wildman–Crippen MR) is 362 cm³/mol. The monoisotopic (exact) mass is 1160 g/mol. The highest BCUT2D eigenvalue weighted by molar-refractivity contribution is 5.71. The first-order chi connectivity index (χ1) is 41.0. The maximum absolute atomic E-state index is 13.0. The van der Waals surface area contributed by atoms with Gasteiger partial charge in [0.25, 0.3) is 0 Å². The highest BCUT2D eigenvalue weighted by Crippen LogP contribution is 2.18. The van der Waals surface area contributed by atoms with Crippen LogP contribution < -0.4 is 0 Å². The van der Waals surface area contributed by atoms with E-state index >= 15 is 0 Å². The predicted octanol–water partition coefficient (Wildman–Crippen LogP) is 25.2. The zero-order valence-electron chi connectivity index (χ0n) is 55.5. The summed E-state index contributed by atoms with van der Waals surface area (Å²) >= 11 is 0. The minimum Gasteiger partial charge on any atom is -0.462 e. The lowest BCUT2D eigenvalue weighted by molar-refractivity contribution is -0.167. The normalized spacial score (nSPS) is 12.5. The molecule has 0 aliphatic rings. The van der Waals surface area contributed by atoms with Crippen molar-refractivity contribution >= 4 is 17.9 Å². The second-order valence-corrected chi connectivity index (χ2v) is 24.5. The van der Waals surface area contributed by atoms with Crippen LogP contribution in [0, 0.1) is 0 Å². The van der Waals surface area contributed by atoms with E-state index in [1.807, 2.05) is 0 Å². The van der Waals surface area contributed by atoms with Crippen LogP contribution in [0.5, 0.6) is 0 Å². The number of ether oxygens (including phenoxy) is 3. The van der Waals surface area contributed by atoms with Crippen LogP contribution in [0.3, 0.4) is 0 Å². The van der Waals surface area contributed by atoms with Crippen LogP contribution >= 0.6 is 0 Å². The summed E-state index contributed by atoms with van der Waals surface area (Å²) in [5, 5.41) is 0. The first-order valence-electron chi connectivity index (χ1n) is 36.4. The van der Waals surface area contributed by atoms with Crippen molar-refractivity contribution in [3.05, 3.63) is 72.9 Å². The van der Waals surface area contributed by atoms with E-state index in [0.717, 1.165) is 89.9 Å². The van der Waals surface area contributed by atoms with Crippen molar-refractivity contribution < 1.29 is 28.6 Å². The second kappa shape index (κ2) is 71.3. The number of carbonyl (C=O) groups is 3. The molecule has 1 unspecified atom stereocenters. The van der Waals surface area contributed by atoms with E-state index in [9.17, 15) is 14.4 Å². The van der Waals surface area contributed by atoms with Gasteiger partial charge in [0.2, 0.25) is 0 Å². The Labute approximate surface area is 516 Å². The number of esters is 3. The number of hydrogen-bond donors (Lipinski definition) is 0. The fourth-order valence-electron chi connectivity index (χ4n) is 10.8. The van der Waals surface area contributed by atoms with Gasteiger partial charge in [-0.15, -0.1) is 0 Å². The summed E-state index contributed by atoms with van der Waals surface area (Å²) in [4.78, 5) is 38.5. The molecule has 0 saturated heterocycles. The van der Waals surface area contributed by atoms with Crippen molar-refractivity contribution in [3.63, 3.8) is 0 Å². The summed E-state index contributed by atoms with van der Waals surface area (Å²) in [7, 11) is 0. The van der Waals surface area contributed by atoms with Crippen molar-refractivity contribution in [1.29, 1.82) is 0 Å². The highest BCUT2D eigenvalue weighted by atomic mass is 16.6. The Morgan fingerprint density at radius 3 is 0.735 bits per heavy atom. The summed E-state index contributed by atoms with van der Waals surface area (Å²) < 4.78 is 17.0. The van der Waals surface area contributed by atoms with E-state index in [1.54, 1.807) is 0 Å². The molecule has 0 bridgehead atoms. The molecule has 0 radical (unpaired) electrons. The van der Waals surface area contributed by atoms with Crippen molar-refractivity contribution in [2.24, 2.45) is 0 Å². The topological polar surface area (TPSA) is 78.9 Å². The van der Waals surface area contributed by atoms with Crippen LogP contribution in [0.15, 0.2) is 72.9 Å². The summed E-state index contributed by atoms with van der Waals surface area (Å²) in [5.74, 6) is -0.851. The first-order valence-corrected chi connectivity index (χ1v) is 36.4. The molecule has 0 fully saturated rings. The Hall–Kier alpha value is -3.15. The molecule has 0 N–H and O–H groups in total. The number of unbranched alkanes of at least 4 members (excludes halogenated alkanes) is 44. The number of rotatable bonds is 67. The molecule has 0 saturated carbocycles. The molecule has 0 rings (SSSR count). The minimum absolute atomic E-state index is 0.0719. The largest absolute Gasteiger partial charge is 0.462 e. The summed E-state index contributed by atoms with van der Waals surface area (Å²) in [6.07, 6.45) is 93.5. The van der Waals surface area contributed by atoms with E-state index in [2.05, 4.69) is 93.7 Å². The molecule has 0 aliphatic heterocycles.